The van der Waals surface area contributed by atoms with Gasteiger partial charge in [-0.05, 0) is 40.6 Å². The summed E-state index contributed by atoms with van der Waals surface area (Å²) in [4.78, 5) is 12.1. The minimum absolute atomic E-state index is 0.00215. The second kappa shape index (κ2) is 7.26. The molecular weight excluding hydrogens is 369 g/mol. The van der Waals surface area contributed by atoms with Crippen LogP contribution in [0.2, 0.25) is 0 Å². The molecule has 10 heteroatoms. The van der Waals surface area contributed by atoms with Crippen LogP contribution in [0.5, 0.6) is 0 Å². The van der Waals surface area contributed by atoms with Gasteiger partial charge < -0.3 is 10.4 Å². The van der Waals surface area contributed by atoms with E-state index in [1.54, 1.807) is 11.4 Å². The van der Waals surface area contributed by atoms with Gasteiger partial charge in [0.05, 0.1) is 24.4 Å². The predicted octanol–water partition coefficient (Wildman–Crippen LogP) is 3.34. The normalized spacial score (nSPS) is 12.8. The highest BCUT2D eigenvalue weighted by molar-refractivity contribution is 7.07. The fourth-order valence-corrected chi connectivity index (χ4v) is 2.91. The van der Waals surface area contributed by atoms with Crippen molar-refractivity contribution in [1.82, 2.24) is 15.0 Å². The van der Waals surface area contributed by atoms with Crippen LogP contribution < -0.4 is 5.32 Å². The molecule has 0 radical (unpaired) electrons. The molecule has 1 amide bonds. The Morgan fingerprint density at radius 3 is 2.85 bits per heavy atom. The molecule has 0 fully saturated rings. The summed E-state index contributed by atoms with van der Waals surface area (Å²) >= 11 is 1.44. The van der Waals surface area contributed by atoms with Crippen LogP contribution in [0, 0.1) is 0 Å². The number of carbonyl (C=O) groups is 1. The summed E-state index contributed by atoms with van der Waals surface area (Å²) in [7, 11) is 0. The molecule has 3 aromatic rings. The third-order valence-corrected chi connectivity index (χ3v) is 4.21. The van der Waals surface area contributed by atoms with Gasteiger partial charge in [0, 0.05) is 5.69 Å². The van der Waals surface area contributed by atoms with Crippen molar-refractivity contribution in [2.24, 2.45) is 0 Å². The molecule has 0 bridgehead atoms. The molecule has 0 aliphatic carbocycles. The van der Waals surface area contributed by atoms with Crippen LogP contribution in [0.25, 0.3) is 0 Å². The Morgan fingerprint density at radius 1 is 1.35 bits per heavy atom. The van der Waals surface area contributed by atoms with Crippen molar-refractivity contribution < 1.29 is 23.1 Å². The Balaban J connectivity index is 1.67. The zero-order valence-electron chi connectivity index (χ0n) is 13.1. The van der Waals surface area contributed by atoms with E-state index in [-0.39, 0.29) is 17.9 Å². The minimum atomic E-state index is -4.50. The average molecular weight is 382 g/mol. The molecule has 6 nitrogen and oxygen atoms in total. The number of nitrogens with zero attached hydrogens (tertiary/aromatic N) is 3. The molecule has 0 saturated heterocycles. The Kier molecular flexibility index (Phi) is 5.05. The number of hydrogen-bond acceptors (Lipinski definition) is 5. The SMILES string of the molecule is O=C(Nc1cccc(C(F)(F)F)c1)c1cn(C[C@@H](O)c2ccsc2)nn1. The summed E-state index contributed by atoms with van der Waals surface area (Å²) in [5, 5.41) is 23.5. The molecule has 0 spiro atoms. The number of carbonyl (C=O) groups excluding carboxylic acids is 1. The molecule has 0 unspecified atom stereocenters. The standard InChI is InChI=1S/C16H13F3N4O2S/c17-16(18,19)11-2-1-3-12(6-11)20-15(25)13-7-23(22-21-13)8-14(24)10-4-5-26-9-10/h1-7,9,14,24H,8H2,(H,20,25)/t14-/m1/s1. The molecule has 3 rings (SSSR count). The van der Waals surface area contributed by atoms with Crippen molar-refractivity contribution in [2.75, 3.05) is 5.32 Å². The average Bonchev–Trinajstić information content (AvgIpc) is 3.26. The van der Waals surface area contributed by atoms with Gasteiger partial charge >= 0.3 is 6.18 Å². The number of anilines is 1. The summed E-state index contributed by atoms with van der Waals surface area (Å²) in [6.07, 6.45) is -3.98. The third-order valence-electron chi connectivity index (χ3n) is 3.51. The van der Waals surface area contributed by atoms with Crippen LogP contribution in [0.1, 0.15) is 27.7 Å². The van der Waals surface area contributed by atoms with Crippen molar-refractivity contribution in [2.45, 2.75) is 18.8 Å². The Bertz CT molecular complexity index is 893. The Morgan fingerprint density at radius 2 is 2.15 bits per heavy atom. The number of thiophene rings is 1. The lowest BCUT2D eigenvalue weighted by atomic mass is 10.2. The number of halogens is 3. The first-order valence-electron chi connectivity index (χ1n) is 7.42. The quantitative estimate of drug-likeness (QED) is 0.709. The second-order valence-corrected chi connectivity index (χ2v) is 6.21. The molecule has 1 aromatic carbocycles. The predicted molar refractivity (Wildman–Crippen MR) is 88.7 cm³/mol. The monoisotopic (exact) mass is 382 g/mol. The van der Waals surface area contributed by atoms with E-state index in [9.17, 15) is 23.1 Å². The molecule has 0 aliphatic heterocycles. The lowest BCUT2D eigenvalue weighted by Crippen LogP contribution is -2.13. The molecule has 1 atom stereocenters. The van der Waals surface area contributed by atoms with E-state index >= 15 is 0 Å². The maximum Gasteiger partial charge on any atom is 0.416 e. The van der Waals surface area contributed by atoms with Crippen LogP contribution >= 0.6 is 11.3 Å². The Labute approximate surface area is 149 Å². The first-order valence-corrected chi connectivity index (χ1v) is 8.36. The number of rotatable bonds is 5. The van der Waals surface area contributed by atoms with Gasteiger partial charge in [-0.25, -0.2) is 4.68 Å². The lowest BCUT2D eigenvalue weighted by molar-refractivity contribution is -0.137. The Hall–Kier alpha value is -2.72. The van der Waals surface area contributed by atoms with Crippen molar-refractivity contribution in [1.29, 1.82) is 0 Å². The van der Waals surface area contributed by atoms with E-state index in [2.05, 4.69) is 15.6 Å². The zero-order chi connectivity index (χ0) is 18.7. The van der Waals surface area contributed by atoms with Crippen LogP contribution in [-0.2, 0) is 12.7 Å². The summed E-state index contributed by atoms with van der Waals surface area (Å²) in [6, 6.07) is 6.07. The smallest absolute Gasteiger partial charge is 0.386 e. The first kappa shape index (κ1) is 18.1. The van der Waals surface area contributed by atoms with E-state index in [0.717, 1.165) is 17.7 Å². The minimum Gasteiger partial charge on any atom is -0.386 e. The van der Waals surface area contributed by atoms with E-state index in [4.69, 9.17) is 0 Å². The van der Waals surface area contributed by atoms with Crippen LogP contribution in [0.3, 0.4) is 0 Å². The maximum absolute atomic E-state index is 12.7. The van der Waals surface area contributed by atoms with Crippen LogP contribution in [0.15, 0.2) is 47.3 Å². The van der Waals surface area contributed by atoms with Crippen LogP contribution in [-0.4, -0.2) is 26.0 Å². The van der Waals surface area contributed by atoms with Gasteiger partial charge in [-0.15, -0.1) is 5.10 Å². The molecule has 2 aromatic heterocycles. The van der Waals surface area contributed by atoms with Gasteiger partial charge in [0.25, 0.3) is 5.91 Å². The van der Waals surface area contributed by atoms with E-state index in [1.165, 1.54) is 34.3 Å². The van der Waals surface area contributed by atoms with E-state index in [1.807, 2.05) is 5.38 Å². The van der Waals surface area contributed by atoms with Crippen molar-refractivity contribution in [3.05, 3.63) is 64.1 Å². The largest absolute Gasteiger partial charge is 0.416 e. The number of alkyl halides is 3. The third kappa shape index (κ3) is 4.27. The van der Waals surface area contributed by atoms with Gasteiger partial charge in [-0.3, -0.25) is 4.79 Å². The molecular formula is C16H13F3N4O2S. The van der Waals surface area contributed by atoms with Gasteiger partial charge in [-0.2, -0.15) is 24.5 Å². The first-order chi connectivity index (χ1) is 12.3. The number of benzene rings is 1. The fraction of sp³-hybridized carbons (Fsp3) is 0.188. The molecule has 2 N–H and O–H groups in total. The van der Waals surface area contributed by atoms with Gasteiger partial charge in [-0.1, -0.05) is 11.3 Å². The van der Waals surface area contributed by atoms with Gasteiger partial charge in [0.15, 0.2) is 5.69 Å². The van der Waals surface area contributed by atoms with E-state index in [0.29, 0.717) is 0 Å². The summed E-state index contributed by atoms with van der Waals surface area (Å²) in [5.41, 5.74) is -0.212. The molecule has 136 valence electrons. The van der Waals surface area contributed by atoms with Crippen molar-refractivity contribution in [3.63, 3.8) is 0 Å². The molecule has 0 aliphatic rings. The maximum atomic E-state index is 12.7. The van der Waals surface area contributed by atoms with Crippen molar-refractivity contribution >= 4 is 22.9 Å². The number of hydrogen-bond donors (Lipinski definition) is 2. The topological polar surface area (TPSA) is 80.0 Å². The number of aliphatic hydroxyl groups excluding tert-OH is 1. The molecule has 26 heavy (non-hydrogen) atoms. The zero-order valence-corrected chi connectivity index (χ0v) is 14.0. The lowest BCUT2D eigenvalue weighted by Gasteiger charge is -2.09. The highest BCUT2D eigenvalue weighted by Crippen LogP contribution is 2.30. The summed E-state index contributed by atoms with van der Waals surface area (Å²) < 4.78 is 39.4. The molecule has 0 saturated carbocycles. The van der Waals surface area contributed by atoms with E-state index < -0.39 is 23.8 Å². The number of nitrogens with one attached hydrogen (secondary N) is 1. The number of amides is 1. The second-order valence-electron chi connectivity index (χ2n) is 5.43. The summed E-state index contributed by atoms with van der Waals surface area (Å²) in [6.45, 7) is 0.0978. The number of aromatic nitrogens is 3. The van der Waals surface area contributed by atoms with Gasteiger partial charge in [0.1, 0.15) is 0 Å². The highest BCUT2D eigenvalue weighted by atomic mass is 32.1. The fourth-order valence-electron chi connectivity index (χ4n) is 2.21. The van der Waals surface area contributed by atoms with Crippen LogP contribution in [0.4, 0.5) is 18.9 Å². The summed E-state index contributed by atoms with van der Waals surface area (Å²) in [5.74, 6) is -0.694. The highest BCUT2D eigenvalue weighted by Gasteiger charge is 2.30. The van der Waals surface area contributed by atoms with Gasteiger partial charge in [0.2, 0.25) is 0 Å². The molecule has 2 heterocycles. The van der Waals surface area contributed by atoms with Crippen molar-refractivity contribution in [3.8, 4) is 0 Å². The number of aliphatic hydroxyl groups is 1.